The fourth-order valence-corrected chi connectivity index (χ4v) is 5.12. The highest BCUT2D eigenvalue weighted by atomic mass is 32.1. The van der Waals surface area contributed by atoms with E-state index < -0.39 is 0 Å². The van der Waals surface area contributed by atoms with Crippen LogP contribution in [0.4, 0.5) is 5.69 Å². The van der Waals surface area contributed by atoms with Crippen LogP contribution in [0.5, 0.6) is 0 Å². The van der Waals surface area contributed by atoms with Gasteiger partial charge >= 0.3 is 0 Å². The third kappa shape index (κ3) is 3.36. The van der Waals surface area contributed by atoms with Crippen molar-refractivity contribution in [3.8, 4) is 0 Å². The maximum Gasteiger partial charge on any atom is 0.174 e. The molecule has 4 aromatic rings. The van der Waals surface area contributed by atoms with Gasteiger partial charge in [-0.1, -0.05) is 12.1 Å². The van der Waals surface area contributed by atoms with E-state index >= 15 is 0 Å². The first-order valence-corrected chi connectivity index (χ1v) is 11.0. The molecule has 0 unspecified atom stereocenters. The van der Waals surface area contributed by atoms with Crippen molar-refractivity contribution in [2.24, 2.45) is 0 Å². The van der Waals surface area contributed by atoms with E-state index in [4.69, 9.17) is 12.2 Å². The molecular weight excluding hydrogens is 418 g/mol. The molecule has 1 fully saturated rings. The number of rotatable bonds is 4. The minimum atomic E-state index is -0.0839. The summed E-state index contributed by atoms with van der Waals surface area (Å²) in [5.41, 5.74) is 7.83. The Labute approximate surface area is 192 Å². The summed E-state index contributed by atoms with van der Waals surface area (Å²) in [6.07, 6.45) is 5.25. The molecular formula is C24H25N7S. The lowest BCUT2D eigenvalue weighted by molar-refractivity contribution is 0.557. The molecule has 3 aromatic heterocycles. The normalized spacial score (nSPS) is 18.2. The number of nitrogens with one attached hydrogen (secondary N) is 1. The van der Waals surface area contributed by atoms with Crippen LogP contribution >= 0.6 is 12.2 Å². The van der Waals surface area contributed by atoms with Gasteiger partial charge in [0.2, 0.25) is 0 Å². The first-order chi connectivity index (χ1) is 15.4. The predicted molar refractivity (Wildman–Crippen MR) is 129 cm³/mol. The Hall–Kier alpha value is -3.52. The molecule has 8 heteroatoms. The average molecular weight is 444 g/mol. The highest BCUT2D eigenvalue weighted by Gasteiger charge is 2.42. The number of nitrogens with zero attached hydrogens (tertiary/aromatic N) is 6. The summed E-state index contributed by atoms with van der Waals surface area (Å²) in [6.45, 7) is 8.45. The molecule has 2 atom stereocenters. The standard InChI is InChI=1S/C24H25N7S/c1-15-9-16(2)11-19(10-15)30-23(22(28-24(30)32)21-7-5-6-8-25-21)20-12-17(3)31(18(20)4)29-13-26-27-14-29/h5-14,22-23H,1-4H3,(H,28,32)/t22-,23-/m0/s1. The Morgan fingerprint density at radius 1 is 0.938 bits per heavy atom. The van der Waals surface area contributed by atoms with Crippen molar-refractivity contribution in [2.75, 3.05) is 4.90 Å². The van der Waals surface area contributed by atoms with Gasteiger partial charge in [-0.15, -0.1) is 10.2 Å². The van der Waals surface area contributed by atoms with Gasteiger partial charge in [-0.25, -0.2) is 4.68 Å². The van der Waals surface area contributed by atoms with E-state index in [1.807, 2.05) is 23.0 Å². The number of aromatic nitrogens is 5. The van der Waals surface area contributed by atoms with Crippen molar-refractivity contribution >= 4 is 23.0 Å². The highest BCUT2D eigenvalue weighted by molar-refractivity contribution is 7.80. The van der Waals surface area contributed by atoms with Gasteiger partial charge < -0.3 is 10.2 Å². The van der Waals surface area contributed by atoms with Crippen molar-refractivity contribution < 1.29 is 0 Å². The first-order valence-electron chi connectivity index (χ1n) is 10.6. The molecule has 162 valence electrons. The maximum absolute atomic E-state index is 5.88. The zero-order valence-corrected chi connectivity index (χ0v) is 19.3. The van der Waals surface area contributed by atoms with Crippen LogP contribution in [0.25, 0.3) is 0 Å². The molecule has 1 aromatic carbocycles. The van der Waals surface area contributed by atoms with E-state index in [2.05, 4.69) is 88.1 Å². The SMILES string of the molecule is Cc1cc(C)cc(N2C(=S)N[C@@H](c3ccccn3)[C@@H]2c2cc(C)n(-n3cnnc3)c2C)c1. The van der Waals surface area contributed by atoms with Crippen LogP contribution in [0, 0.1) is 27.7 Å². The van der Waals surface area contributed by atoms with Crippen LogP contribution in [0.15, 0.2) is 61.3 Å². The molecule has 1 saturated heterocycles. The van der Waals surface area contributed by atoms with Crippen molar-refractivity contribution in [2.45, 2.75) is 39.8 Å². The topological polar surface area (TPSA) is 63.8 Å². The van der Waals surface area contributed by atoms with Crippen molar-refractivity contribution in [3.63, 3.8) is 0 Å². The summed E-state index contributed by atoms with van der Waals surface area (Å²) < 4.78 is 4.01. The minimum Gasteiger partial charge on any atom is -0.351 e. The molecule has 0 amide bonds. The second-order valence-electron chi connectivity index (χ2n) is 8.32. The van der Waals surface area contributed by atoms with Crippen LogP contribution in [-0.2, 0) is 0 Å². The van der Waals surface area contributed by atoms with Crippen LogP contribution < -0.4 is 10.2 Å². The van der Waals surface area contributed by atoms with Gasteiger partial charge in [0.05, 0.1) is 17.8 Å². The van der Waals surface area contributed by atoms with E-state index in [1.165, 1.54) is 16.7 Å². The third-order valence-electron chi connectivity index (χ3n) is 5.97. The summed E-state index contributed by atoms with van der Waals surface area (Å²) in [6, 6.07) is 14.6. The third-order valence-corrected chi connectivity index (χ3v) is 6.29. The molecule has 32 heavy (non-hydrogen) atoms. The summed E-state index contributed by atoms with van der Waals surface area (Å²) in [5, 5.41) is 12.2. The second kappa shape index (κ2) is 7.87. The van der Waals surface area contributed by atoms with Gasteiger partial charge in [0, 0.05) is 28.8 Å². The summed E-state index contributed by atoms with van der Waals surface area (Å²) in [7, 11) is 0. The van der Waals surface area contributed by atoms with E-state index in [0.717, 1.165) is 22.8 Å². The Morgan fingerprint density at radius 3 is 2.31 bits per heavy atom. The summed E-state index contributed by atoms with van der Waals surface area (Å²) in [4.78, 5) is 6.89. The van der Waals surface area contributed by atoms with Gasteiger partial charge in [0.15, 0.2) is 5.11 Å². The highest BCUT2D eigenvalue weighted by Crippen LogP contribution is 2.43. The Morgan fingerprint density at radius 2 is 1.66 bits per heavy atom. The number of hydrogen-bond acceptors (Lipinski definition) is 4. The molecule has 0 aliphatic carbocycles. The minimum absolute atomic E-state index is 0.0602. The Bertz CT molecular complexity index is 1260. The molecule has 0 radical (unpaired) electrons. The van der Waals surface area contributed by atoms with Crippen LogP contribution in [0.2, 0.25) is 0 Å². The predicted octanol–water partition coefficient (Wildman–Crippen LogP) is 4.20. The van der Waals surface area contributed by atoms with Gasteiger partial charge in [-0.2, -0.15) is 0 Å². The van der Waals surface area contributed by atoms with E-state index in [9.17, 15) is 0 Å². The Balaban J connectivity index is 1.70. The number of aryl methyl sites for hydroxylation is 3. The van der Waals surface area contributed by atoms with Crippen LogP contribution in [-0.4, -0.2) is 29.6 Å². The van der Waals surface area contributed by atoms with Gasteiger partial charge in [-0.3, -0.25) is 9.66 Å². The smallest absolute Gasteiger partial charge is 0.174 e. The molecule has 1 aliphatic rings. The zero-order chi connectivity index (χ0) is 22.4. The second-order valence-corrected chi connectivity index (χ2v) is 8.71. The quantitative estimate of drug-likeness (QED) is 0.477. The lowest BCUT2D eigenvalue weighted by Gasteiger charge is -2.28. The molecule has 7 nitrogen and oxygen atoms in total. The molecule has 4 heterocycles. The average Bonchev–Trinajstić information content (AvgIpc) is 3.46. The molecule has 5 rings (SSSR count). The fourth-order valence-electron chi connectivity index (χ4n) is 4.77. The van der Waals surface area contributed by atoms with E-state index in [0.29, 0.717) is 5.11 Å². The first kappa shape index (κ1) is 20.4. The maximum atomic E-state index is 5.88. The summed E-state index contributed by atoms with van der Waals surface area (Å²) in [5.74, 6) is 0. The summed E-state index contributed by atoms with van der Waals surface area (Å²) >= 11 is 5.88. The van der Waals surface area contributed by atoms with Gasteiger partial charge in [0.1, 0.15) is 12.7 Å². The monoisotopic (exact) mass is 443 g/mol. The van der Waals surface area contributed by atoms with Crippen molar-refractivity contribution in [1.29, 1.82) is 0 Å². The van der Waals surface area contributed by atoms with Crippen LogP contribution in [0.3, 0.4) is 0 Å². The van der Waals surface area contributed by atoms with Gasteiger partial charge in [-0.05, 0) is 81.4 Å². The lowest BCUT2D eigenvalue weighted by Crippen LogP contribution is -2.29. The number of benzene rings is 1. The van der Waals surface area contributed by atoms with Crippen molar-refractivity contribution in [3.05, 3.63) is 95.1 Å². The number of pyridine rings is 1. The number of hydrogen-bond donors (Lipinski definition) is 1. The van der Waals surface area contributed by atoms with Gasteiger partial charge in [0.25, 0.3) is 0 Å². The van der Waals surface area contributed by atoms with E-state index in [-0.39, 0.29) is 12.1 Å². The fraction of sp³-hybridized carbons (Fsp3) is 0.250. The lowest BCUT2D eigenvalue weighted by atomic mass is 9.96. The number of anilines is 1. The largest absolute Gasteiger partial charge is 0.351 e. The zero-order valence-electron chi connectivity index (χ0n) is 18.5. The Kier molecular flexibility index (Phi) is 5.01. The van der Waals surface area contributed by atoms with Crippen molar-refractivity contribution in [1.82, 2.24) is 29.9 Å². The molecule has 0 saturated carbocycles. The number of thiocarbonyl (C=S) groups is 1. The molecule has 1 aliphatic heterocycles. The van der Waals surface area contributed by atoms with Crippen LogP contribution in [0.1, 0.15) is 45.9 Å². The molecule has 0 spiro atoms. The molecule has 1 N–H and O–H groups in total. The van der Waals surface area contributed by atoms with E-state index in [1.54, 1.807) is 12.7 Å². The molecule has 0 bridgehead atoms.